The van der Waals surface area contributed by atoms with E-state index in [9.17, 15) is 9.59 Å². The van der Waals surface area contributed by atoms with Crippen molar-refractivity contribution < 1.29 is 14.7 Å². The highest BCUT2D eigenvalue weighted by atomic mass is 16.4. The highest BCUT2D eigenvalue weighted by Gasteiger charge is 2.40. The van der Waals surface area contributed by atoms with Gasteiger partial charge in [-0.2, -0.15) is 0 Å². The fourth-order valence-corrected chi connectivity index (χ4v) is 3.30. The van der Waals surface area contributed by atoms with Crippen molar-refractivity contribution in [2.75, 3.05) is 26.2 Å². The molecule has 2 unspecified atom stereocenters. The summed E-state index contributed by atoms with van der Waals surface area (Å²) in [6.07, 6.45) is 3.41. The number of fused-ring (bicyclic) bond motifs is 1. The zero-order valence-electron chi connectivity index (χ0n) is 10.3. The molecule has 6 nitrogen and oxygen atoms in total. The largest absolute Gasteiger partial charge is 0.481 e. The smallest absolute Gasteiger partial charge is 0.317 e. The molecule has 0 aromatic rings. The first-order chi connectivity index (χ1) is 8.65. The maximum absolute atomic E-state index is 11.9. The number of carboxylic acid groups (broad SMARTS) is 1. The van der Waals surface area contributed by atoms with Crippen LogP contribution in [0.25, 0.3) is 0 Å². The number of aliphatic carboxylic acids is 1. The van der Waals surface area contributed by atoms with Crippen LogP contribution in [-0.4, -0.2) is 65.2 Å². The summed E-state index contributed by atoms with van der Waals surface area (Å²) in [5.74, 6) is -1.18. The van der Waals surface area contributed by atoms with E-state index in [4.69, 9.17) is 5.11 Å². The van der Waals surface area contributed by atoms with Gasteiger partial charge in [-0.05, 0) is 25.8 Å². The number of nitrogens with one attached hydrogen (secondary N) is 1. The predicted octanol–water partition coefficient (Wildman–Crippen LogP) is -0.0509. The van der Waals surface area contributed by atoms with Gasteiger partial charge >= 0.3 is 12.0 Å². The third-order valence-corrected chi connectivity index (χ3v) is 4.43. The fourth-order valence-electron chi connectivity index (χ4n) is 3.30. The van der Waals surface area contributed by atoms with Crippen molar-refractivity contribution in [2.45, 2.75) is 31.3 Å². The highest BCUT2D eigenvalue weighted by Crippen LogP contribution is 2.28. The van der Waals surface area contributed by atoms with Crippen molar-refractivity contribution in [1.82, 2.24) is 15.1 Å². The van der Waals surface area contributed by atoms with E-state index in [0.29, 0.717) is 19.1 Å². The van der Waals surface area contributed by atoms with Gasteiger partial charge in [0, 0.05) is 31.7 Å². The van der Waals surface area contributed by atoms with E-state index >= 15 is 0 Å². The molecule has 3 rings (SSSR count). The molecular weight excluding hydrogens is 234 g/mol. The van der Waals surface area contributed by atoms with Gasteiger partial charge in [0.15, 0.2) is 0 Å². The molecule has 2 atom stereocenters. The molecule has 0 saturated carbocycles. The van der Waals surface area contributed by atoms with Gasteiger partial charge in [-0.3, -0.25) is 9.69 Å². The SMILES string of the molecule is O=C(O)C1CN(C(=O)NC2CCN3CCCC23)C1. The van der Waals surface area contributed by atoms with E-state index in [2.05, 4.69) is 10.2 Å². The molecule has 0 radical (unpaired) electrons. The van der Waals surface area contributed by atoms with Gasteiger partial charge in [0.05, 0.1) is 5.92 Å². The van der Waals surface area contributed by atoms with Gasteiger partial charge < -0.3 is 15.3 Å². The van der Waals surface area contributed by atoms with Gasteiger partial charge in [-0.15, -0.1) is 0 Å². The molecule has 0 aromatic carbocycles. The molecule has 3 heterocycles. The summed E-state index contributed by atoms with van der Waals surface area (Å²) in [5, 5.41) is 11.8. The van der Waals surface area contributed by atoms with Crippen molar-refractivity contribution in [3.05, 3.63) is 0 Å². The average molecular weight is 253 g/mol. The van der Waals surface area contributed by atoms with Crippen LogP contribution >= 0.6 is 0 Å². The average Bonchev–Trinajstić information content (AvgIpc) is 2.79. The van der Waals surface area contributed by atoms with Crippen molar-refractivity contribution >= 4 is 12.0 Å². The quantitative estimate of drug-likeness (QED) is 0.723. The third kappa shape index (κ3) is 1.94. The lowest BCUT2D eigenvalue weighted by Gasteiger charge is -2.37. The lowest BCUT2D eigenvalue weighted by Crippen LogP contribution is -2.58. The summed E-state index contributed by atoms with van der Waals surface area (Å²) < 4.78 is 0. The second-order valence-electron chi connectivity index (χ2n) is 5.53. The molecule has 0 bridgehead atoms. The molecule has 2 amide bonds. The van der Waals surface area contributed by atoms with Crippen LogP contribution in [0.4, 0.5) is 4.79 Å². The summed E-state index contributed by atoms with van der Waals surface area (Å²) in [4.78, 5) is 26.7. The highest BCUT2D eigenvalue weighted by molar-refractivity contribution is 5.80. The molecule has 100 valence electrons. The number of carboxylic acids is 1. The lowest BCUT2D eigenvalue weighted by molar-refractivity contribution is -0.146. The van der Waals surface area contributed by atoms with Crippen LogP contribution in [0.5, 0.6) is 0 Å². The van der Waals surface area contributed by atoms with Gasteiger partial charge in [-0.25, -0.2) is 4.79 Å². The Balaban J connectivity index is 1.49. The topological polar surface area (TPSA) is 72.9 Å². The summed E-state index contributed by atoms with van der Waals surface area (Å²) in [6.45, 7) is 2.93. The monoisotopic (exact) mass is 253 g/mol. The Hall–Kier alpha value is -1.30. The standard InChI is InChI=1S/C12H19N3O3/c16-11(17)8-6-15(7-8)12(18)13-9-3-5-14-4-1-2-10(9)14/h8-10H,1-7H2,(H,13,18)(H,16,17). The van der Waals surface area contributed by atoms with E-state index in [0.717, 1.165) is 19.5 Å². The van der Waals surface area contributed by atoms with Crippen LogP contribution in [-0.2, 0) is 4.79 Å². The molecule has 2 N–H and O–H groups in total. The lowest BCUT2D eigenvalue weighted by atomic mass is 10.0. The molecule has 0 aromatic heterocycles. The maximum Gasteiger partial charge on any atom is 0.317 e. The number of likely N-dealkylation sites (tertiary alicyclic amines) is 1. The second-order valence-corrected chi connectivity index (χ2v) is 5.53. The van der Waals surface area contributed by atoms with Gasteiger partial charge in [0.25, 0.3) is 0 Å². The van der Waals surface area contributed by atoms with Crippen molar-refractivity contribution in [2.24, 2.45) is 5.92 Å². The van der Waals surface area contributed by atoms with Crippen LogP contribution in [0.3, 0.4) is 0 Å². The first-order valence-corrected chi connectivity index (χ1v) is 6.67. The molecule has 3 aliphatic rings. The first kappa shape index (κ1) is 11.8. The molecule has 18 heavy (non-hydrogen) atoms. The molecule has 3 saturated heterocycles. The van der Waals surface area contributed by atoms with E-state index in [1.54, 1.807) is 4.90 Å². The zero-order valence-corrected chi connectivity index (χ0v) is 10.3. The normalized spacial score (nSPS) is 32.1. The number of carbonyl (C=O) groups excluding carboxylic acids is 1. The molecular formula is C12H19N3O3. The molecule has 3 aliphatic heterocycles. The summed E-state index contributed by atoms with van der Waals surface area (Å²) in [6, 6.07) is 0.667. The molecule has 0 spiro atoms. The van der Waals surface area contributed by atoms with Crippen LogP contribution in [0, 0.1) is 5.92 Å². The van der Waals surface area contributed by atoms with Crippen molar-refractivity contribution in [1.29, 1.82) is 0 Å². The van der Waals surface area contributed by atoms with Crippen molar-refractivity contribution in [3.63, 3.8) is 0 Å². The third-order valence-electron chi connectivity index (χ3n) is 4.43. The Morgan fingerprint density at radius 2 is 1.94 bits per heavy atom. The molecule has 0 aliphatic carbocycles. The van der Waals surface area contributed by atoms with Gasteiger partial charge in [0.2, 0.25) is 0 Å². The summed E-state index contributed by atoms with van der Waals surface area (Å²) in [5.41, 5.74) is 0. The number of rotatable bonds is 2. The summed E-state index contributed by atoms with van der Waals surface area (Å²) >= 11 is 0. The summed E-state index contributed by atoms with van der Waals surface area (Å²) in [7, 11) is 0. The number of carbonyl (C=O) groups is 2. The van der Waals surface area contributed by atoms with E-state index in [1.165, 1.54) is 12.8 Å². The number of hydrogen-bond acceptors (Lipinski definition) is 3. The minimum absolute atomic E-state index is 0.0914. The van der Waals surface area contributed by atoms with Crippen LogP contribution in [0.15, 0.2) is 0 Å². The Kier molecular flexibility index (Phi) is 2.89. The number of hydrogen-bond donors (Lipinski definition) is 2. The van der Waals surface area contributed by atoms with Crippen LogP contribution < -0.4 is 5.32 Å². The maximum atomic E-state index is 11.9. The Morgan fingerprint density at radius 1 is 1.17 bits per heavy atom. The van der Waals surface area contributed by atoms with Gasteiger partial charge in [0.1, 0.15) is 0 Å². The Morgan fingerprint density at radius 3 is 2.67 bits per heavy atom. The molecule has 6 heteroatoms. The van der Waals surface area contributed by atoms with E-state index < -0.39 is 5.97 Å². The van der Waals surface area contributed by atoms with Crippen LogP contribution in [0.2, 0.25) is 0 Å². The first-order valence-electron chi connectivity index (χ1n) is 6.67. The second kappa shape index (κ2) is 4.42. The van der Waals surface area contributed by atoms with E-state index in [1.807, 2.05) is 0 Å². The Bertz CT molecular complexity index is 368. The Labute approximate surface area is 106 Å². The van der Waals surface area contributed by atoms with E-state index in [-0.39, 0.29) is 18.0 Å². The number of nitrogens with zero attached hydrogens (tertiary/aromatic N) is 2. The number of urea groups is 1. The van der Waals surface area contributed by atoms with Gasteiger partial charge in [-0.1, -0.05) is 0 Å². The minimum Gasteiger partial charge on any atom is -0.481 e. The fraction of sp³-hybridized carbons (Fsp3) is 0.833. The predicted molar refractivity (Wildman–Crippen MR) is 64.2 cm³/mol. The number of amides is 2. The van der Waals surface area contributed by atoms with Crippen LogP contribution in [0.1, 0.15) is 19.3 Å². The van der Waals surface area contributed by atoms with Crippen molar-refractivity contribution in [3.8, 4) is 0 Å². The molecule has 3 fully saturated rings. The minimum atomic E-state index is -0.804. The zero-order chi connectivity index (χ0) is 12.7.